The van der Waals surface area contributed by atoms with Gasteiger partial charge in [-0.3, -0.25) is 4.98 Å². The number of halogens is 2. The highest BCUT2D eigenvalue weighted by Crippen LogP contribution is 2.33. The maximum atomic E-state index is 6.12. The Bertz CT molecular complexity index is 537. The third-order valence-electron chi connectivity index (χ3n) is 2.31. The molecule has 88 valence electrons. The lowest BCUT2D eigenvalue weighted by Gasteiger charge is -2.12. The summed E-state index contributed by atoms with van der Waals surface area (Å²) in [6.45, 7) is 2.01. The topological polar surface area (TPSA) is 50.9 Å². The van der Waals surface area contributed by atoms with Crippen LogP contribution in [0.2, 0.25) is 5.02 Å². The molecule has 0 aliphatic carbocycles. The fraction of sp³-hybridized carbons (Fsp3) is 0.0833. The SMILES string of the molecule is Cc1ccc(Cl)c(Nc2c(N)cncc2Br)c1. The van der Waals surface area contributed by atoms with E-state index < -0.39 is 0 Å². The molecule has 2 aromatic rings. The number of hydrogen-bond acceptors (Lipinski definition) is 3. The van der Waals surface area contributed by atoms with E-state index in [9.17, 15) is 0 Å². The Hall–Kier alpha value is -1.26. The van der Waals surface area contributed by atoms with Crippen LogP contribution in [0.1, 0.15) is 5.56 Å². The summed E-state index contributed by atoms with van der Waals surface area (Å²) in [6.07, 6.45) is 3.28. The lowest BCUT2D eigenvalue weighted by Crippen LogP contribution is -1.99. The van der Waals surface area contributed by atoms with E-state index in [2.05, 4.69) is 26.2 Å². The number of pyridine rings is 1. The smallest absolute Gasteiger partial charge is 0.0794 e. The van der Waals surface area contributed by atoms with Crippen molar-refractivity contribution < 1.29 is 0 Å². The minimum atomic E-state index is 0.567. The molecule has 3 N–H and O–H groups in total. The van der Waals surface area contributed by atoms with Crippen LogP contribution >= 0.6 is 27.5 Å². The number of nitrogen functional groups attached to an aromatic ring is 1. The van der Waals surface area contributed by atoms with Crippen molar-refractivity contribution in [2.24, 2.45) is 0 Å². The van der Waals surface area contributed by atoms with Crippen LogP contribution in [0.25, 0.3) is 0 Å². The van der Waals surface area contributed by atoms with Gasteiger partial charge in [0, 0.05) is 6.20 Å². The molecular weight excluding hydrogens is 302 g/mol. The van der Waals surface area contributed by atoms with E-state index in [-0.39, 0.29) is 0 Å². The summed E-state index contributed by atoms with van der Waals surface area (Å²) in [5.74, 6) is 0. The number of rotatable bonds is 2. The first-order valence-electron chi connectivity index (χ1n) is 5.00. The van der Waals surface area contributed by atoms with Gasteiger partial charge in [-0.2, -0.15) is 0 Å². The van der Waals surface area contributed by atoms with E-state index in [1.54, 1.807) is 12.4 Å². The van der Waals surface area contributed by atoms with Crippen molar-refractivity contribution in [2.75, 3.05) is 11.1 Å². The summed E-state index contributed by atoms with van der Waals surface area (Å²) in [7, 11) is 0. The standard InChI is InChI=1S/C12H11BrClN3/c1-7-2-3-9(14)11(4-7)17-12-8(13)5-16-6-10(12)15/h2-6H,15H2,1H3,(H,16,17). The molecular formula is C12H11BrClN3. The monoisotopic (exact) mass is 311 g/mol. The van der Waals surface area contributed by atoms with Crippen LogP contribution in [-0.2, 0) is 0 Å². The number of anilines is 3. The Labute approximate surface area is 113 Å². The van der Waals surface area contributed by atoms with Gasteiger partial charge < -0.3 is 11.1 Å². The number of aryl methyl sites for hydroxylation is 1. The van der Waals surface area contributed by atoms with Crippen LogP contribution in [0.5, 0.6) is 0 Å². The van der Waals surface area contributed by atoms with Crippen LogP contribution in [0.15, 0.2) is 35.1 Å². The van der Waals surface area contributed by atoms with Crippen molar-refractivity contribution in [1.82, 2.24) is 4.98 Å². The van der Waals surface area contributed by atoms with Gasteiger partial charge in [-0.1, -0.05) is 17.7 Å². The fourth-order valence-electron chi connectivity index (χ4n) is 1.45. The molecule has 0 saturated heterocycles. The Morgan fingerprint density at radius 2 is 2.12 bits per heavy atom. The van der Waals surface area contributed by atoms with Gasteiger partial charge in [0.05, 0.1) is 32.8 Å². The molecule has 0 atom stereocenters. The highest BCUT2D eigenvalue weighted by molar-refractivity contribution is 9.10. The predicted molar refractivity (Wildman–Crippen MR) is 75.8 cm³/mol. The van der Waals surface area contributed by atoms with Crippen LogP contribution in [-0.4, -0.2) is 4.98 Å². The third-order valence-corrected chi connectivity index (χ3v) is 3.24. The quantitative estimate of drug-likeness (QED) is 0.876. The molecule has 1 aromatic heterocycles. The van der Waals surface area contributed by atoms with Crippen LogP contribution in [0, 0.1) is 6.92 Å². The molecule has 0 spiro atoms. The summed E-state index contributed by atoms with van der Waals surface area (Å²) < 4.78 is 0.801. The van der Waals surface area contributed by atoms with Gasteiger partial charge in [0.1, 0.15) is 0 Å². The lowest BCUT2D eigenvalue weighted by atomic mass is 10.2. The van der Waals surface area contributed by atoms with E-state index >= 15 is 0 Å². The first kappa shape index (κ1) is 12.2. The minimum Gasteiger partial charge on any atom is -0.396 e. The van der Waals surface area contributed by atoms with Crippen LogP contribution in [0.3, 0.4) is 0 Å². The highest BCUT2D eigenvalue weighted by atomic mass is 79.9. The lowest BCUT2D eigenvalue weighted by molar-refractivity contribution is 1.31. The molecule has 0 aliphatic rings. The number of hydrogen-bond donors (Lipinski definition) is 2. The number of aromatic nitrogens is 1. The normalized spacial score (nSPS) is 10.3. The Balaban J connectivity index is 2.41. The van der Waals surface area contributed by atoms with Gasteiger partial charge in [-0.15, -0.1) is 0 Å². The second-order valence-electron chi connectivity index (χ2n) is 3.69. The fourth-order valence-corrected chi connectivity index (χ4v) is 2.06. The first-order valence-corrected chi connectivity index (χ1v) is 6.17. The molecule has 2 rings (SSSR count). The van der Waals surface area contributed by atoms with Crippen molar-refractivity contribution in [3.63, 3.8) is 0 Å². The highest BCUT2D eigenvalue weighted by Gasteiger charge is 2.07. The molecule has 3 nitrogen and oxygen atoms in total. The first-order chi connectivity index (χ1) is 8.08. The van der Waals surface area contributed by atoms with Crippen LogP contribution in [0.4, 0.5) is 17.1 Å². The molecule has 0 amide bonds. The summed E-state index contributed by atoms with van der Waals surface area (Å²) in [5.41, 5.74) is 9.15. The molecule has 0 aliphatic heterocycles. The molecule has 5 heteroatoms. The van der Waals surface area contributed by atoms with Gasteiger partial charge in [-0.05, 0) is 40.5 Å². The van der Waals surface area contributed by atoms with E-state index in [1.807, 2.05) is 25.1 Å². The van der Waals surface area contributed by atoms with Crippen molar-refractivity contribution in [3.05, 3.63) is 45.7 Å². The van der Waals surface area contributed by atoms with E-state index in [1.165, 1.54) is 0 Å². The molecule has 0 bridgehead atoms. The zero-order valence-corrected chi connectivity index (χ0v) is 11.5. The molecule has 17 heavy (non-hydrogen) atoms. The van der Waals surface area contributed by atoms with Crippen molar-refractivity contribution in [2.45, 2.75) is 6.92 Å². The Kier molecular flexibility index (Phi) is 3.54. The molecule has 1 aromatic carbocycles. The summed E-state index contributed by atoms with van der Waals surface area (Å²) in [6, 6.07) is 5.78. The van der Waals surface area contributed by atoms with E-state index in [4.69, 9.17) is 17.3 Å². The third kappa shape index (κ3) is 2.70. The van der Waals surface area contributed by atoms with Gasteiger partial charge in [0.15, 0.2) is 0 Å². The number of benzene rings is 1. The maximum Gasteiger partial charge on any atom is 0.0794 e. The van der Waals surface area contributed by atoms with Gasteiger partial charge >= 0.3 is 0 Å². The maximum absolute atomic E-state index is 6.12. The molecule has 0 saturated carbocycles. The Morgan fingerprint density at radius 3 is 2.82 bits per heavy atom. The van der Waals surface area contributed by atoms with Gasteiger partial charge in [0.2, 0.25) is 0 Å². The minimum absolute atomic E-state index is 0.567. The number of nitrogens with two attached hydrogens (primary N) is 1. The van der Waals surface area contributed by atoms with Gasteiger partial charge in [0.25, 0.3) is 0 Å². The molecule has 1 heterocycles. The Morgan fingerprint density at radius 1 is 1.35 bits per heavy atom. The molecule has 0 fully saturated rings. The van der Waals surface area contributed by atoms with Crippen molar-refractivity contribution in [1.29, 1.82) is 0 Å². The zero-order chi connectivity index (χ0) is 12.4. The predicted octanol–water partition coefficient (Wildman–Crippen LogP) is 4.13. The van der Waals surface area contributed by atoms with Crippen molar-refractivity contribution >= 4 is 44.6 Å². The zero-order valence-electron chi connectivity index (χ0n) is 9.17. The average Bonchev–Trinajstić information content (AvgIpc) is 2.28. The largest absolute Gasteiger partial charge is 0.396 e. The van der Waals surface area contributed by atoms with Crippen molar-refractivity contribution in [3.8, 4) is 0 Å². The molecule has 0 radical (unpaired) electrons. The second kappa shape index (κ2) is 4.94. The number of nitrogens with one attached hydrogen (secondary N) is 1. The summed E-state index contributed by atoms with van der Waals surface area (Å²) in [4.78, 5) is 3.98. The van der Waals surface area contributed by atoms with E-state index in [0.717, 1.165) is 21.4 Å². The summed E-state index contributed by atoms with van der Waals surface area (Å²) >= 11 is 9.52. The van der Waals surface area contributed by atoms with Crippen LogP contribution < -0.4 is 11.1 Å². The summed E-state index contributed by atoms with van der Waals surface area (Å²) in [5, 5.41) is 3.86. The van der Waals surface area contributed by atoms with Gasteiger partial charge in [-0.25, -0.2) is 0 Å². The number of nitrogens with zero attached hydrogens (tertiary/aromatic N) is 1. The second-order valence-corrected chi connectivity index (χ2v) is 4.96. The molecule has 0 unspecified atom stereocenters. The average molecular weight is 313 g/mol. The van der Waals surface area contributed by atoms with E-state index in [0.29, 0.717) is 10.7 Å².